The van der Waals surface area contributed by atoms with Crippen molar-refractivity contribution >= 4 is 11.4 Å². The average molecular weight is 290 g/mol. The SMILES string of the molecule is COc1cc(NC(C)c2ccc([N+](=O)[O-])cc2)ccc1F. The van der Waals surface area contributed by atoms with Crippen LogP contribution in [0.4, 0.5) is 15.8 Å². The Morgan fingerprint density at radius 2 is 1.90 bits per heavy atom. The number of hydrogen-bond donors (Lipinski definition) is 1. The lowest BCUT2D eigenvalue weighted by molar-refractivity contribution is -0.384. The molecule has 0 amide bonds. The minimum Gasteiger partial charge on any atom is -0.494 e. The molecule has 1 atom stereocenters. The fourth-order valence-corrected chi connectivity index (χ4v) is 1.97. The molecule has 0 radical (unpaired) electrons. The first kappa shape index (κ1) is 14.8. The van der Waals surface area contributed by atoms with Gasteiger partial charge < -0.3 is 10.1 Å². The third-order valence-electron chi connectivity index (χ3n) is 3.14. The molecule has 0 aliphatic rings. The normalized spacial score (nSPS) is 11.8. The van der Waals surface area contributed by atoms with E-state index in [0.29, 0.717) is 5.69 Å². The summed E-state index contributed by atoms with van der Waals surface area (Å²) in [5, 5.41) is 13.8. The van der Waals surface area contributed by atoms with Gasteiger partial charge in [0.25, 0.3) is 5.69 Å². The standard InChI is InChI=1S/C15H15FN2O3/c1-10(11-3-6-13(7-4-11)18(19)20)17-12-5-8-14(16)15(9-12)21-2/h3-10,17H,1-2H3. The highest BCUT2D eigenvalue weighted by Gasteiger charge is 2.10. The second kappa shape index (κ2) is 6.21. The number of nitrogens with zero attached hydrogens (tertiary/aromatic N) is 1. The molecule has 0 heterocycles. The van der Waals surface area contributed by atoms with Crippen LogP contribution in [0.5, 0.6) is 5.75 Å². The fourth-order valence-electron chi connectivity index (χ4n) is 1.97. The van der Waals surface area contributed by atoms with Crippen LogP contribution in [-0.4, -0.2) is 12.0 Å². The van der Waals surface area contributed by atoms with E-state index in [1.165, 1.54) is 25.3 Å². The first-order valence-electron chi connectivity index (χ1n) is 6.35. The van der Waals surface area contributed by atoms with Crippen LogP contribution >= 0.6 is 0 Å². The molecule has 2 aromatic rings. The third-order valence-corrected chi connectivity index (χ3v) is 3.14. The van der Waals surface area contributed by atoms with Gasteiger partial charge in [0.2, 0.25) is 0 Å². The number of hydrogen-bond acceptors (Lipinski definition) is 4. The van der Waals surface area contributed by atoms with E-state index in [2.05, 4.69) is 5.32 Å². The van der Waals surface area contributed by atoms with Crippen LogP contribution in [0.25, 0.3) is 0 Å². The molecular weight excluding hydrogens is 275 g/mol. The van der Waals surface area contributed by atoms with Gasteiger partial charge in [-0.25, -0.2) is 4.39 Å². The highest BCUT2D eigenvalue weighted by atomic mass is 19.1. The Balaban J connectivity index is 2.13. The lowest BCUT2D eigenvalue weighted by atomic mass is 10.1. The van der Waals surface area contributed by atoms with E-state index in [1.807, 2.05) is 6.92 Å². The minimum atomic E-state index is -0.438. The number of non-ortho nitro benzene ring substituents is 1. The van der Waals surface area contributed by atoms with Crippen molar-refractivity contribution in [2.24, 2.45) is 0 Å². The van der Waals surface area contributed by atoms with Crippen LogP contribution in [0, 0.1) is 15.9 Å². The summed E-state index contributed by atoms with van der Waals surface area (Å²) in [6, 6.07) is 10.7. The molecule has 110 valence electrons. The zero-order valence-corrected chi connectivity index (χ0v) is 11.7. The molecule has 0 spiro atoms. The van der Waals surface area contributed by atoms with Gasteiger partial charge in [0.1, 0.15) is 0 Å². The first-order chi connectivity index (χ1) is 10.0. The Labute approximate surface area is 121 Å². The molecule has 0 fully saturated rings. The number of methoxy groups -OCH3 is 1. The fraction of sp³-hybridized carbons (Fsp3) is 0.200. The zero-order chi connectivity index (χ0) is 15.4. The topological polar surface area (TPSA) is 64.4 Å². The zero-order valence-electron chi connectivity index (χ0n) is 11.7. The van der Waals surface area contributed by atoms with Crippen molar-refractivity contribution in [3.05, 3.63) is 64.0 Å². The highest BCUT2D eigenvalue weighted by molar-refractivity contribution is 5.50. The Hall–Kier alpha value is -2.63. The number of nitro benzene ring substituents is 1. The van der Waals surface area contributed by atoms with Crippen molar-refractivity contribution < 1.29 is 14.1 Å². The summed E-state index contributed by atoms with van der Waals surface area (Å²) in [5.41, 5.74) is 1.65. The van der Waals surface area contributed by atoms with Gasteiger partial charge in [-0.3, -0.25) is 10.1 Å². The summed E-state index contributed by atoms with van der Waals surface area (Å²) in [5.74, 6) is -0.262. The van der Waals surface area contributed by atoms with E-state index in [9.17, 15) is 14.5 Å². The molecule has 6 heteroatoms. The van der Waals surface area contributed by atoms with E-state index in [-0.39, 0.29) is 17.5 Å². The maximum atomic E-state index is 13.3. The molecule has 0 saturated heterocycles. The minimum absolute atomic E-state index is 0.0504. The van der Waals surface area contributed by atoms with E-state index in [1.54, 1.807) is 24.3 Å². The predicted octanol–water partition coefficient (Wildman–Crippen LogP) is 3.92. The van der Waals surface area contributed by atoms with Gasteiger partial charge in [-0.15, -0.1) is 0 Å². The van der Waals surface area contributed by atoms with Crippen molar-refractivity contribution in [2.75, 3.05) is 12.4 Å². The molecule has 0 bridgehead atoms. The molecular formula is C15H15FN2O3. The van der Waals surface area contributed by atoms with Gasteiger partial charge in [0.05, 0.1) is 12.0 Å². The third kappa shape index (κ3) is 3.47. The molecule has 0 aliphatic carbocycles. The Kier molecular flexibility index (Phi) is 4.37. The van der Waals surface area contributed by atoms with Crippen LogP contribution in [-0.2, 0) is 0 Å². The molecule has 1 N–H and O–H groups in total. The molecule has 2 aromatic carbocycles. The number of nitrogens with one attached hydrogen (secondary N) is 1. The summed E-state index contributed by atoms with van der Waals surface area (Å²) in [7, 11) is 1.40. The number of benzene rings is 2. The van der Waals surface area contributed by atoms with Crippen LogP contribution in [0.15, 0.2) is 42.5 Å². The Bertz CT molecular complexity index is 644. The maximum Gasteiger partial charge on any atom is 0.269 e. The Morgan fingerprint density at radius 1 is 1.24 bits per heavy atom. The van der Waals surface area contributed by atoms with Gasteiger partial charge in [-0.2, -0.15) is 0 Å². The summed E-state index contributed by atoms with van der Waals surface area (Å²) >= 11 is 0. The van der Waals surface area contributed by atoms with Crippen LogP contribution in [0.1, 0.15) is 18.5 Å². The van der Waals surface area contributed by atoms with Crippen molar-refractivity contribution in [1.29, 1.82) is 0 Å². The van der Waals surface area contributed by atoms with Gasteiger partial charge in [0, 0.05) is 29.9 Å². The van der Waals surface area contributed by atoms with Crippen LogP contribution in [0.3, 0.4) is 0 Å². The second-order valence-corrected chi connectivity index (χ2v) is 4.56. The summed E-state index contributed by atoms with van der Waals surface area (Å²) < 4.78 is 18.3. The van der Waals surface area contributed by atoms with E-state index in [0.717, 1.165) is 5.56 Å². The van der Waals surface area contributed by atoms with Crippen LogP contribution in [0.2, 0.25) is 0 Å². The van der Waals surface area contributed by atoms with Crippen LogP contribution < -0.4 is 10.1 Å². The lowest BCUT2D eigenvalue weighted by Gasteiger charge is -2.16. The summed E-state index contributed by atoms with van der Waals surface area (Å²) in [6.07, 6.45) is 0. The quantitative estimate of drug-likeness (QED) is 0.669. The summed E-state index contributed by atoms with van der Waals surface area (Å²) in [4.78, 5) is 10.2. The van der Waals surface area contributed by atoms with Crippen molar-refractivity contribution in [2.45, 2.75) is 13.0 Å². The maximum absolute atomic E-state index is 13.3. The molecule has 0 aliphatic heterocycles. The molecule has 0 saturated carbocycles. The molecule has 1 unspecified atom stereocenters. The second-order valence-electron chi connectivity index (χ2n) is 4.56. The number of ether oxygens (including phenoxy) is 1. The molecule has 21 heavy (non-hydrogen) atoms. The lowest BCUT2D eigenvalue weighted by Crippen LogP contribution is -2.07. The molecule has 5 nitrogen and oxygen atoms in total. The van der Waals surface area contributed by atoms with Crippen molar-refractivity contribution in [3.8, 4) is 5.75 Å². The van der Waals surface area contributed by atoms with Gasteiger partial charge >= 0.3 is 0 Å². The average Bonchev–Trinajstić information content (AvgIpc) is 2.49. The monoisotopic (exact) mass is 290 g/mol. The van der Waals surface area contributed by atoms with Gasteiger partial charge in [0.15, 0.2) is 11.6 Å². The Morgan fingerprint density at radius 3 is 2.48 bits per heavy atom. The largest absolute Gasteiger partial charge is 0.494 e. The highest BCUT2D eigenvalue weighted by Crippen LogP contribution is 2.25. The van der Waals surface area contributed by atoms with E-state index >= 15 is 0 Å². The number of rotatable bonds is 5. The number of halogens is 1. The van der Waals surface area contributed by atoms with Crippen molar-refractivity contribution in [1.82, 2.24) is 0 Å². The predicted molar refractivity (Wildman–Crippen MR) is 78.1 cm³/mol. The number of nitro groups is 1. The van der Waals surface area contributed by atoms with E-state index in [4.69, 9.17) is 4.74 Å². The van der Waals surface area contributed by atoms with Gasteiger partial charge in [-0.1, -0.05) is 12.1 Å². The molecule has 2 rings (SSSR count). The van der Waals surface area contributed by atoms with Gasteiger partial charge in [-0.05, 0) is 24.6 Å². The first-order valence-corrected chi connectivity index (χ1v) is 6.35. The van der Waals surface area contributed by atoms with Crippen molar-refractivity contribution in [3.63, 3.8) is 0 Å². The molecule has 0 aromatic heterocycles. The number of anilines is 1. The smallest absolute Gasteiger partial charge is 0.269 e. The summed E-state index contributed by atoms with van der Waals surface area (Å²) in [6.45, 7) is 1.91. The van der Waals surface area contributed by atoms with E-state index < -0.39 is 10.7 Å².